The zero-order valence-electron chi connectivity index (χ0n) is 14.6. The molecule has 1 aromatic heterocycles. The van der Waals surface area contributed by atoms with E-state index in [1.165, 1.54) is 33.3 Å². The molecule has 3 aromatic rings. The van der Waals surface area contributed by atoms with E-state index in [4.69, 9.17) is 10.5 Å². The lowest BCUT2D eigenvalue weighted by molar-refractivity contribution is 0.415. The van der Waals surface area contributed by atoms with Gasteiger partial charge in [-0.05, 0) is 55.5 Å². The Balaban J connectivity index is 2.15. The number of rotatable bonds is 7. The van der Waals surface area contributed by atoms with Gasteiger partial charge in [-0.3, -0.25) is 0 Å². The minimum absolute atomic E-state index is 0.747. The van der Waals surface area contributed by atoms with Crippen LogP contribution in [0.4, 0.5) is 0 Å². The van der Waals surface area contributed by atoms with E-state index >= 15 is 0 Å². The molecule has 0 spiro atoms. The number of nitrogens with two attached hydrogens (primary N) is 1. The number of unbranched alkanes of at least 4 members (excludes halogenated alkanes) is 1. The van der Waals surface area contributed by atoms with Crippen LogP contribution in [-0.4, -0.2) is 18.6 Å². The quantitative estimate of drug-likeness (QED) is 0.620. The maximum Gasteiger partial charge on any atom is 0.119 e. The first-order chi connectivity index (χ1) is 11.8. The number of methoxy groups -OCH3 is 1. The number of para-hydroxylation sites is 1. The van der Waals surface area contributed by atoms with E-state index in [9.17, 15) is 0 Å². The Morgan fingerprint density at radius 1 is 1.08 bits per heavy atom. The summed E-state index contributed by atoms with van der Waals surface area (Å²) in [6.45, 7) is 2.95. The first-order valence-corrected chi connectivity index (χ1v) is 8.75. The Morgan fingerprint density at radius 3 is 2.67 bits per heavy atom. The second-order valence-corrected chi connectivity index (χ2v) is 6.15. The van der Waals surface area contributed by atoms with Gasteiger partial charge in [0.2, 0.25) is 0 Å². The Bertz CT molecular complexity index is 820. The van der Waals surface area contributed by atoms with Crippen molar-refractivity contribution in [1.29, 1.82) is 0 Å². The van der Waals surface area contributed by atoms with Gasteiger partial charge in [0.05, 0.1) is 7.11 Å². The van der Waals surface area contributed by atoms with Crippen molar-refractivity contribution in [3.63, 3.8) is 0 Å². The van der Waals surface area contributed by atoms with E-state index in [0.29, 0.717) is 0 Å². The minimum atomic E-state index is 0.747. The highest BCUT2D eigenvalue weighted by molar-refractivity contribution is 5.93. The summed E-state index contributed by atoms with van der Waals surface area (Å²) in [5.74, 6) is 0.884. The van der Waals surface area contributed by atoms with E-state index in [0.717, 1.165) is 38.0 Å². The van der Waals surface area contributed by atoms with Crippen LogP contribution in [0.3, 0.4) is 0 Å². The molecule has 0 saturated carbocycles. The molecule has 3 rings (SSSR count). The second kappa shape index (κ2) is 7.54. The second-order valence-electron chi connectivity index (χ2n) is 6.15. The zero-order chi connectivity index (χ0) is 16.9. The summed E-state index contributed by atoms with van der Waals surface area (Å²) in [4.78, 5) is 3.69. The van der Waals surface area contributed by atoms with Crippen LogP contribution >= 0.6 is 0 Å². The number of aromatic nitrogens is 1. The average molecular weight is 322 g/mol. The monoisotopic (exact) mass is 322 g/mol. The van der Waals surface area contributed by atoms with Crippen molar-refractivity contribution in [2.45, 2.75) is 32.6 Å². The molecular formula is C21H26N2O. The average Bonchev–Trinajstić information content (AvgIpc) is 3.01. The van der Waals surface area contributed by atoms with Crippen LogP contribution < -0.4 is 10.5 Å². The fraction of sp³-hybridized carbons (Fsp3) is 0.333. The Labute approximate surface area is 143 Å². The van der Waals surface area contributed by atoms with Crippen LogP contribution in [0.15, 0.2) is 42.5 Å². The van der Waals surface area contributed by atoms with Crippen molar-refractivity contribution < 1.29 is 4.74 Å². The van der Waals surface area contributed by atoms with Crippen molar-refractivity contribution >= 4 is 10.9 Å². The zero-order valence-corrected chi connectivity index (χ0v) is 14.6. The van der Waals surface area contributed by atoms with Gasteiger partial charge < -0.3 is 15.5 Å². The fourth-order valence-corrected chi connectivity index (χ4v) is 3.36. The molecule has 0 unspecified atom stereocenters. The SMILES string of the molecule is CCc1cccc2c(CCCCN)c(-c3cccc(OC)c3)[nH]c12. The molecule has 1 heterocycles. The maximum absolute atomic E-state index is 5.69. The maximum atomic E-state index is 5.69. The summed E-state index contributed by atoms with van der Waals surface area (Å²) < 4.78 is 5.40. The van der Waals surface area contributed by atoms with E-state index in [-0.39, 0.29) is 0 Å². The highest BCUT2D eigenvalue weighted by Gasteiger charge is 2.15. The largest absolute Gasteiger partial charge is 0.497 e. The third-order valence-electron chi connectivity index (χ3n) is 4.65. The van der Waals surface area contributed by atoms with Crippen molar-refractivity contribution in [2.75, 3.05) is 13.7 Å². The van der Waals surface area contributed by atoms with Crippen LogP contribution in [0.2, 0.25) is 0 Å². The Hall–Kier alpha value is -2.26. The topological polar surface area (TPSA) is 51.0 Å². The molecule has 0 atom stereocenters. The molecule has 0 amide bonds. The molecule has 3 nitrogen and oxygen atoms in total. The molecule has 0 saturated heterocycles. The predicted molar refractivity (Wildman–Crippen MR) is 102 cm³/mol. The summed E-state index contributed by atoms with van der Waals surface area (Å²) in [7, 11) is 1.71. The van der Waals surface area contributed by atoms with Crippen LogP contribution in [0, 0.1) is 0 Å². The van der Waals surface area contributed by atoms with Crippen molar-refractivity contribution in [3.05, 3.63) is 53.6 Å². The molecule has 0 fully saturated rings. The van der Waals surface area contributed by atoms with Gasteiger partial charge in [-0.1, -0.05) is 37.3 Å². The molecule has 0 radical (unpaired) electrons. The number of aromatic amines is 1. The first-order valence-electron chi connectivity index (χ1n) is 8.75. The molecule has 0 aliphatic rings. The summed E-state index contributed by atoms with van der Waals surface area (Å²) in [5, 5.41) is 1.34. The van der Waals surface area contributed by atoms with Crippen LogP contribution in [0.25, 0.3) is 22.2 Å². The van der Waals surface area contributed by atoms with Gasteiger partial charge in [0, 0.05) is 22.2 Å². The standard InChI is InChI=1S/C21H26N2O/c1-3-15-8-7-12-19-18(11-4-5-13-22)21(23-20(15)19)16-9-6-10-17(14-16)24-2/h6-10,12,14,23H,3-5,11,13,22H2,1-2H3. The normalized spacial score (nSPS) is 11.1. The predicted octanol–water partition coefficient (Wildman–Crippen LogP) is 4.69. The van der Waals surface area contributed by atoms with Crippen molar-refractivity contribution in [2.24, 2.45) is 5.73 Å². The summed E-state index contributed by atoms with van der Waals surface area (Å²) in [6.07, 6.45) is 4.23. The van der Waals surface area contributed by atoms with E-state index in [1.807, 2.05) is 12.1 Å². The molecule has 24 heavy (non-hydrogen) atoms. The van der Waals surface area contributed by atoms with Crippen LogP contribution in [-0.2, 0) is 12.8 Å². The molecule has 0 aliphatic heterocycles. The fourth-order valence-electron chi connectivity index (χ4n) is 3.36. The lowest BCUT2D eigenvalue weighted by Gasteiger charge is -2.07. The molecule has 0 aliphatic carbocycles. The number of hydrogen-bond acceptors (Lipinski definition) is 2. The third kappa shape index (κ3) is 3.17. The number of fused-ring (bicyclic) bond motifs is 1. The number of benzene rings is 2. The van der Waals surface area contributed by atoms with E-state index < -0.39 is 0 Å². The molecule has 3 N–H and O–H groups in total. The molecule has 2 aromatic carbocycles. The van der Waals surface area contributed by atoms with Crippen molar-refractivity contribution in [1.82, 2.24) is 4.98 Å². The summed E-state index contributed by atoms with van der Waals surface area (Å²) in [6, 6.07) is 14.9. The van der Waals surface area contributed by atoms with E-state index in [2.05, 4.69) is 42.2 Å². The van der Waals surface area contributed by atoms with E-state index in [1.54, 1.807) is 7.11 Å². The van der Waals surface area contributed by atoms with Gasteiger partial charge in [0.1, 0.15) is 5.75 Å². The molecule has 0 bridgehead atoms. The molecular weight excluding hydrogens is 296 g/mol. The van der Waals surface area contributed by atoms with Gasteiger partial charge >= 0.3 is 0 Å². The van der Waals surface area contributed by atoms with Crippen LogP contribution in [0.5, 0.6) is 5.75 Å². The Kier molecular flexibility index (Phi) is 5.21. The first kappa shape index (κ1) is 16.6. The lowest BCUT2D eigenvalue weighted by Crippen LogP contribution is -1.99. The number of hydrogen-bond donors (Lipinski definition) is 2. The summed E-state index contributed by atoms with van der Waals surface area (Å²) in [5.41, 5.74) is 12.1. The lowest BCUT2D eigenvalue weighted by atomic mass is 9.99. The number of aryl methyl sites for hydroxylation is 2. The van der Waals surface area contributed by atoms with Gasteiger partial charge in [-0.15, -0.1) is 0 Å². The number of nitrogens with one attached hydrogen (secondary N) is 1. The van der Waals surface area contributed by atoms with Crippen LogP contribution in [0.1, 0.15) is 30.9 Å². The molecule has 3 heteroatoms. The number of ether oxygens (including phenoxy) is 1. The minimum Gasteiger partial charge on any atom is -0.497 e. The highest BCUT2D eigenvalue weighted by atomic mass is 16.5. The van der Waals surface area contributed by atoms with Gasteiger partial charge in [0.25, 0.3) is 0 Å². The molecule has 126 valence electrons. The third-order valence-corrected chi connectivity index (χ3v) is 4.65. The number of H-pyrrole nitrogens is 1. The van der Waals surface area contributed by atoms with Gasteiger partial charge in [0.15, 0.2) is 0 Å². The van der Waals surface area contributed by atoms with Gasteiger partial charge in [-0.2, -0.15) is 0 Å². The highest BCUT2D eigenvalue weighted by Crippen LogP contribution is 2.34. The Morgan fingerprint density at radius 2 is 1.92 bits per heavy atom. The smallest absolute Gasteiger partial charge is 0.119 e. The summed E-state index contributed by atoms with van der Waals surface area (Å²) >= 11 is 0. The van der Waals surface area contributed by atoms with Crippen molar-refractivity contribution in [3.8, 4) is 17.0 Å². The van der Waals surface area contributed by atoms with Gasteiger partial charge in [-0.25, -0.2) is 0 Å².